The lowest BCUT2D eigenvalue weighted by Gasteiger charge is -2.28. The minimum atomic E-state index is -0.756. The summed E-state index contributed by atoms with van der Waals surface area (Å²) < 4.78 is 17.7. The van der Waals surface area contributed by atoms with Crippen molar-refractivity contribution >= 4 is 40.7 Å². The normalized spacial score (nSPS) is 15.4. The zero-order valence-electron chi connectivity index (χ0n) is 25.7. The molecule has 3 amide bonds. The summed E-state index contributed by atoms with van der Waals surface area (Å²) in [5, 5.41) is 5.98. The summed E-state index contributed by atoms with van der Waals surface area (Å²) in [6.07, 6.45) is 12.1. The van der Waals surface area contributed by atoms with Crippen LogP contribution in [0, 0.1) is 22.7 Å². The van der Waals surface area contributed by atoms with Gasteiger partial charge in [-0.15, -0.1) is 17.3 Å². The van der Waals surface area contributed by atoms with Gasteiger partial charge >= 0.3 is 5.91 Å². The molecule has 2 aromatic carbocycles. The number of halogens is 2. The molecule has 0 aromatic heterocycles. The number of carbonyl (C=O) groups is 3. The number of ether oxygens (including phenoxy) is 1. The van der Waals surface area contributed by atoms with E-state index in [-0.39, 0.29) is 17.1 Å². The van der Waals surface area contributed by atoms with E-state index < -0.39 is 18.5 Å². The van der Waals surface area contributed by atoms with Gasteiger partial charge in [0.25, 0.3) is 5.91 Å². The van der Waals surface area contributed by atoms with Crippen molar-refractivity contribution in [2.24, 2.45) is 10.6 Å². The number of nitroso groups, excluding NO2 is 1. The van der Waals surface area contributed by atoms with Crippen LogP contribution in [0.2, 0.25) is 0 Å². The number of methoxy groups -OCH3 is 1. The lowest BCUT2D eigenvalue weighted by Crippen LogP contribution is -2.34. The molecule has 10 heteroatoms. The highest BCUT2D eigenvalue weighted by molar-refractivity contribution is 6.29. The Morgan fingerprint density at radius 2 is 1.86 bits per heavy atom. The third-order valence-electron chi connectivity index (χ3n) is 6.53. The standard InChI is InChI=1S/C27H28FN3O5.C4H7Cl.C3H4/c1-27(13-12-20(18-27)25(33)30-35)14-16-31(21-7-4-3-5-8-21)26(34)19-10-11-22(23(17-19)36-2)29-24(32)9-6-15-28;1-3-4(2)5;1-3-2/h3-11,17-18H,12-16H2,1-2H3,(H,29,32);3H,1-2H3;1H,2H3/b9-6+;4-3+;/t27-;;/m0../s1. The number of benzene rings is 2. The maximum atomic E-state index is 13.6. The fraction of sp³-hybridized carbons (Fsp3) is 0.324. The third kappa shape index (κ3) is 12.4. The summed E-state index contributed by atoms with van der Waals surface area (Å²) in [6.45, 7) is 7.00. The molecule has 3 rings (SSSR count). The lowest BCUT2D eigenvalue weighted by atomic mass is 9.86. The quantitative estimate of drug-likeness (QED) is 0.164. The number of hydrogen-bond donors (Lipinski definition) is 1. The third-order valence-corrected chi connectivity index (χ3v) is 6.75. The molecule has 44 heavy (non-hydrogen) atoms. The molecule has 0 heterocycles. The monoisotopic (exact) mass is 623 g/mol. The molecule has 1 aliphatic carbocycles. The Kier molecular flexibility index (Phi) is 16.7. The molecule has 8 nitrogen and oxygen atoms in total. The minimum absolute atomic E-state index is 0.272. The van der Waals surface area contributed by atoms with E-state index in [2.05, 4.69) is 22.8 Å². The van der Waals surface area contributed by atoms with Crippen molar-refractivity contribution in [2.75, 3.05) is 30.5 Å². The van der Waals surface area contributed by atoms with E-state index in [0.29, 0.717) is 48.3 Å². The van der Waals surface area contributed by atoms with Gasteiger partial charge in [-0.05, 0) is 81.9 Å². The van der Waals surface area contributed by atoms with Crippen LogP contribution >= 0.6 is 11.6 Å². The van der Waals surface area contributed by atoms with Gasteiger partial charge in [0, 0.05) is 39.7 Å². The maximum Gasteiger partial charge on any atom is 0.312 e. The SMILES string of the molecule is C#CC.C/C=C(\C)Cl.COc1cc(C(=O)N(CC[C@@]2(C)C=C(C(=O)N=O)CC2)c2ccccc2)ccc1NC(=O)/C=C/CF. The van der Waals surface area contributed by atoms with Gasteiger partial charge in [0.15, 0.2) is 0 Å². The first-order valence-corrected chi connectivity index (χ1v) is 14.2. The smallest absolute Gasteiger partial charge is 0.312 e. The number of hydrogen-bond acceptors (Lipinski definition) is 5. The Hall–Kier alpha value is -4.55. The van der Waals surface area contributed by atoms with E-state index in [4.69, 9.17) is 16.3 Å². The molecule has 0 bridgehead atoms. The molecule has 0 spiro atoms. The molecular formula is C34H39ClFN3O5. The Bertz CT molecular complexity index is 1410. The van der Waals surface area contributed by atoms with Crippen LogP contribution in [0.1, 0.15) is 57.3 Å². The van der Waals surface area contributed by atoms with Crippen LogP contribution in [0.3, 0.4) is 0 Å². The van der Waals surface area contributed by atoms with Crippen molar-refractivity contribution in [2.45, 2.75) is 47.0 Å². The van der Waals surface area contributed by atoms with Crippen LogP contribution in [0.15, 0.2) is 88.6 Å². The van der Waals surface area contributed by atoms with Gasteiger partial charge < -0.3 is 15.0 Å². The molecule has 0 fully saturated rings. The molecule has 234 valence electrons. The number of allylic oxidation sites excluding steroid dienone is 4. The van der Waals surface area contributed by atoms with E-state index >= 15 is 0 Å². The summed E-state index contributed by atoms with van der Waals surface area (Å²) in [4.78, 5) is 49.5. The van der Waals surface area contributed by atoms with Crippen LogP contribution in [0.4, 0.5) is 15.8 Å². The van der Waals surface area contributed by atoms with Crippen molar-refractivity contribution < 1.29 is 23.5 Å². The number of rotatable bonds is 10. The largest absolute Gasteiger partial charge is 0.495 e. The summed E-state index contributed by atoms with van der Waals surface area (Å²) in [7, 11) is 1.42. The number of para-hydroxylation sites is 1. The summed E-state index contributed by atoms with van der Waals surface area (Å²) in [6, 6.07) is 13.9. The van der Waals surface area contributed by atoms with Crippen molar-refractivity contribution in [3.05, 3.63) is 93.9 Å². The fourth-order valence-electron chi connectivity index (χ4n) is 4.14. The van der Waals surface area contributed by atoms with Gasteiger partial charge in [-0.3, -0.25) is 14.4 Å². The lowest BCUT2D eigenvalue weighted by molar-refractivity contribution is -0.114. The molecule has 0 aliphatic heterocycles. The van der Waals surface area contributed by atoms with E-state index in [9.17, 15) is 23.7 Å². The second-order valence-electron chi connectivity index (χ2n) is 9.89. The average Bonchev–Trinajstić information content (AvgIpc) is 3.42. The highest BCUT2D eigenvalue weighted by Gasteiger charge is 2.32. The minimum Gasteiger partial charge on any atom is -0.495 e. The molecule has 1 aliphatic rings. The number of anilines is 2. The average molecular weight is 624 g/mol. The van der Waals surface area contributed by atoms with Crippen molar-refractivity contribution in [1.82, 2.24) is 0 Å². The first kappa shape index (κ1) is 37.5. The zero-order chi connectivity index (χ0) is 33.1. The Balaban J connectivity index is 0.00000108. The van der Waals surface area contributed by atoms with Crippen molar-refractivity contribution in [3.8, 4) is 18.1 Å². The molecular weight excluding hydrogens is 585 g/mol. The molecule has 2 aromatic rings. The van der Waals surface area contributed by atoms with E-state index in [1.165, 1.54) is 13.2 Å². The highest BCUT2D eigenvalue weighted by atomic mass is 35.5. The van der Waals surface area contributed by atoms with Crippen LogP contribution < -0.4 is 15.0 Å². The summed E-state index contributed by atoms with van der Waals surface area (Å²) >= 11 is 5.32. The topological polar surface area (TPSA) is 105 Å². The number of terminal acetylenes is 1. The molecule has 1 N–H and O–H groups in total. The van der Waals surface area contributed by atoms with Crippen LogP contribution in [-0.4, -0.2) is 38.1 Å². The predicted octanol–water partition coefficient (Wildman–Crippen LogP) is 8.00. The van der Waals surface area contributed by atoms with Gasteiger partial charge in [-0.2, -0.15) is 0 Å². The number of alkyl halides is 1. The van der Waals surface area contributed by atoms with Crippen LogP contribution in [-0.2, 0) is 9.59 Å². The first-order valence-electron chi connectivity index (χ1n) is 13.8. The Morgan fingerprint density at radius 1 is 1.23 bits per heavy atom. The van der Waals surface area contributed by atoms with E-state index in [0.717, 1.165) is 17.2 Å². The predicted molar refractivity (Wildman–Crippen MR) is 175 cm³/mol. The fourth-order valence-corrected chi connectivity index (χ4v) is 4.14. The zero-order valence-corrected chi connectivity index (χ0v) is 26.5. The molecule has 0 unspecified atom stereocenters. The Morgan fingerprint density at radius 3 is 2.41 bits per heavy atom. The number of amides is 3. The molecule has 0 saturated carbocycles. The van der Waals surface area contributed by atoms with Crippen LogP contribution in [0.5, 0.6) is 5.75 Å². The van der Waals surface area contributed by atoms with Gasteiger partial charge in [-0.1, -0.05) is 48.9 Å². The summed E-state index contributed by atoms with van der Waals surface area (Å²) in [5.41, 5.74) is 1.45. The van der Waals surface area contributed by atoms with Gasteiger partial charge in [-0.25, -0.2) is 4.39 Å². The molecule has 1 atom stereocenters. The number of nitrogens with one attached hydrogen (secondary N) is 1. The number of nitrogens with zero attached hydrogens (tertiary/aromatic N) is 2. The van der Waals surface area contributed by atoms with Gasteiger partial charge in [0.1, 0.15) is 12.4 Å². The van der Waals surface area contributed by atoms with E-state index in [1.807, 2.05) is 57.2 Å². The molecule has 0 saturated heterocycles. The van der Waals surface area contributed by atoms with Gasteiger partial charge in [0.2, 0.25) is 5.91 Å². The first-order chi connectivity index (χ1) is 21.0. The summed E-state index contributed by atoms with van der Waals surface area (Å²) in [5.74, 6) is 1.00. The highest BCUT2D eigenvalue weighted by Crippen LogP contribution is 2.39. The second-order valence-corrected chi connectivity index (χ2v) is 10.5. The second kappa shape index (κ2) is 19.6. The Labute approximate surface area is 264 Å². The van der Waals surface area contributed by atoms with Crippen LogP contribution in [0.25, 0.3) is 0 Å². The van der Waals surface area contributed by atoms with E-state index in [1.54, 1.807) is 30.0 Å². The maximum absolute atomic E-state index is 13.6. The van der Waals surface area contributed by atoms with Crippen molar-refractivity contribution in [3.63, 3.8) is 0 Å². The van der Waals surface area contributed by atoms with Gasteiger partial charge in [0.05, 0.1) is 12.8 Å². The number of carbonyl (C=O) groups excluding carboxylic acids is 3. The molecule has 0 radical (unpaired) electrons. The van der Waals surface area contributed by atoms with Crippen molar-refractivity contribution in [1.29, 1.82) is 0 Å².